The Morgan fingerprint density at radius 3 is 2.64 bits per heavy atom. The quantitative estimate of drug-likeness (QED) is 0.572. The maximum absolute atomic E-state index is 11.0. The molecule has 59 valence electrons. The van der Waals surface area contributed by atoms with E-state index < -0.39 is 0 Å². The van der Waals surface area contributed by atoms with Crippen molar-refractivity contribution in [2.24, 2.45) is 0 Å². The number of hydrogen-bond acceptors (Lipinski definition) is 2. The van der Waals surface area contributed by atoms with E-state index in [2.05, 4.69) is 5.32 Å². The van der Waals surface area contributed by atoms with Crippen molar-refractivity contribution in [3.63, 3.8) is 0 Å². The Labute approximate surface area is 66.8 Å². The lowest BCUT2D eigenvalue weighted by Gasteiger charge is -2.06. The van der Waals surface area contributed by atoms with Crippen LogP contribution in [0.25, 0.3) is 0 Å². The highest BCUT2D eigenvalue weighted by Crippen LogP contribution is 2.22. The first-order valence-corrected chi connectivity index (χ1v) is 3.45. The lowest BCUT2D eigenvalue weighted by molar-refractivity contribution is -0.118. The zero-order chi connectivity index (χ0) is 8.10. The number of rotatable bonds is 3. The molecule has 3 heteroatoms. The lowest BCUT2D eigenvalue weighted by Crippen LogP contribution is -2.30. The summed E-state index contributed by atoms with van der Waals surface area (Å²) in [6, 6.07) is 0. The highest BCUT2D eigenvalue weighted by atomic mass is 16.3. The van der Waals surface area contributed by atoms with Crippen molar-refractivity contribution in [2.45, 2.75) is 0 Å². The van der Waals surface area contributed by atoms with Gasteiger partial charge in [0, 0.05) is 6.54 Å². The van der Waals surface area contributed by atoms with Gasteiger partial charge < -0.3 is 10.4 Å². The van der Waals surface area contributed by atoms with Crippen molar-refractivity contribution in [1.82, 2.24) is 5.32 Å². The second kappa shape index (κ2) is 4.34. The van der Waals surface area contributed by atoms with Crippen molar-refractivity contribution >= 4 is 5.91 Å². The standard InChI is InChI=1S/C8H10NO2/c10-6-5-9-8(11)7-3-1-2-4-7/h1-4,10H,5-6H2,(H,9,11). The van der Waals surface area contributed by atoms with E-state index in [9.17, 15) is 4.79 Å². The summed E-state index contributed by atoms with van der Waals surface area (Å²) in [5.41, 5.74) is 0. The maximum Gasteiger partial charge on any atom is 0.228 e. The van der Waals surface area contributed by atoms with Gasteiger partial charge in [-0.1, -0.05) is 0 Å². The van der Waals surface area contributed by atoms with Crippen LogP contribution in [-0.2, 0) is 4.79 Å². The fourth-order valence-electron chi connectivity index (χ4n) is 0.797. The fourth-order valence-corrected chi connectivity index (χ4v) is 0.797. The van der Waals surface area contributed by atoms with E-state index in [1.165, 1.54) is 0 Å². The zero-order valence-corrected chi connectivity index (χ0v) is 6.08. The van der Waals surface area contributed by atoms with Gasteiger partial charge >= 0.3 is 0 Å². The van der Waals surface area contributed by atoms with E-state index in [0.29, 0.717) is 12.5 Å². The topological polar surface area (TPSA) is 49.3 Å². The Hall–Kier alpha value is -0.570. The van der Waals surface area contributed by atoms with Gasteiger partial charge in [-0.15, -0.1) is 0 Å². The third-order valence-corrected chi connectivity index (χ3v) is 1.32. The first-order valence-electron chi connectivity index (χ1n) is 3.45. The summed E-state index contributed by atoms with van der Waals surface area (Å²) in [7, 11) is 0. The van der Waals surface area contributed by atoms with Crippen LogP contribution in [0, 0.1) is 31.6 Å². The van der Waals surface area contributed by atoms with Crippen LogP contribution in [0.15, 0.2) is 0 Å². The van der Waals surface area contributed by atoms with Crippen LogP contribution in [0.1, 0.15) is 0 Å². The molecule has 1 saturated carbocycles. The van der Waals surface area contributed by atoms with E-state index in [-0.39, 0.29) is 12.5 Å². The molecule has 0 bridgehead atoms. The molecule has 2 N–H and O–H groups in total. The summed E-state index contributed by atoms with van der Waals surface area (Å²) in [6.07, 6.45) is 7.06. The first kappa shape index (κ1) is 8.53. The van der Waals surface area contributed by atoms with Gasteiger partial charge in [0.1, 0.15) is 0 Å². The van der Waals surface area contributed by atoms with E-state index >= 15 is 0 Å². The zero-order valence-electron chi connectivity index (χ0n) is 6.08. The van der Waals surface area contributed by atoms with Gasteiger partial charge in [-0.2, -0.15) is 0 Å². The highest BCUT2D eigenvalue weighted by Gasteiger charge is 2.23. The highest BCUT2D eigenvalue weighted by molar-refractivity contribution is 5.95. The molecule has 1 aliphatic carbocycles. The summed E-state index contributed by atoms with van der Waals surface area (Å²) in [5, 5.41) is 10.9. The van der Waals surface area contributed by atoms with Crippen molar-refractivity contribution < 1.29 is 9.90 Å². The van der Waals surface area contributed by atoms with Crippen LogP contribution in [0.4, 0.5) is 0 Å². The minimum absolute atomic E-state index is 0.0214. The van der Waals surface area contributed by atoms with Crippen LogP contribution in [0.3, 0.4) is 0 Å². The summed E-state index contributed by atoms with van der Waals surface area (Å²) < 4.78 is 0. The van der Waals surface area contributed by atoms with E-state index in [1.54, 1.807) is 25.7 Å². The molecule has 0 unspecified atom stereocenters. The smallest absolute Gasteiger partial charge is 0.228 e. The van der Waals surface area contributed by atoms with Crippen molar-refractivity contribution in [1.29, 1.82) is 0 Å². The largest absolute Gasteiger partial charge is 0.395 e. The minimum atomic E-state index is -0.135. The molecule has 1 amide bonds. The molecule has 0 aromatic carbocycles. The predicted molar refractivity (Wildman–Crippen MR) is 40.5 cm³/mol. The summed E-state index contributed by atoms with van der Waals surface area (Å²) in [4.78, 5) is 11.0. The van der Waals surface area contributed by atoms with Gasteiger partial charge in [-0.25, -0.2) is 0 Å². The van der Waals surface area contributed by atoms with Gasteiger partial charge in [0.15, 0.2) is 0 Å². The van der Waals surface area contributed by atoms with Crippen molar-refractivity contribution in [3.05, 3.63) is 31.6 Å². The Morgan fingerprint density at radius 1 is 1.45 bits per heavy atom. The van der Waals surface area contributed by atoms with E-state index in [4.69, 9.17) is 5.11 Å². The van der Waals surface area contributed by atoms with E-state index in [1.807, 2.05) is 0 Å². The molecule has 1 aliphatic rings. The van der Waals surface area contributed by atoms with Gasteiger partial charge in [0.05, 0.1) is 12.5 Å². The minimum Gasteiger partial charge on any atom is -0.395 e. The van der Waals surface area contributed by atoms with Gasteiger partial charge in [0.25, 0.3) is 0 Å². The van der Waals surface area contributed by atoms with Crippen LogP contribution in [0.2, 0.25) is 0 Å². The lowest BCUT2D eigenvalue weighted by atomic mass is 10.1. The summed E-state index contributed by atoms with van der Waals surface area (Å²) in [5.74, 6) is 0.502. The molecule has 0 spiro atoms. The molecule has 0 heterocycles. The average Bonchev–Trinajstić information content (AvgIpc) is 2.52. The Morgan fingerprint density at radius 2 is 2.09 bits per heavy atom. The van der Waals surface area contributed by atoms with Crippen LogP contribution >= 0.6 is 0 Å². The Bertz CT molecular complexity index is 130. The fraction of sp³-hybridized carbons (Fsp3) is 0.250. The summed E-state index contributed by atoms with van der Waals surface area (Å²) in [6.45, 7) is 0.288. The normalized spacial score (nSPS) is 18.6. The number of hydrogen-bond donors (Lipinski definition) is 2. The van der Waals surface area contributed by atoms with Gasteiger partial charge in [-0.05, 0) is 25.7 Å². The molecule has 1 rings (SSSR count). The number of nitrogens with one attached hydrogen (secondary N) is 1. The van der Waals surface area contributed by atoms with Crippen LogP contribution < -0.4 is 5.32 Å². The third-order valence-electron chi connectivity index (χ3n) is 1.32. The van der Waals surface area contributed by atoms with Crippen molar-refractivity contribution in [3.8, 4) is 0 Å². The van der Waals surface area contributed by atoms with E-state index in [0.717, 1.165) is 0 Å². The molecular weight excluding hydrogens is 142 g/mol. The number of carbonyl (C=O) groups excluding carboxylic acids is 1. The molecule has 0 aliphatic heterocycles. The molecule has 3 nitrogen and oxygen atoms in total. The SMILES string of the molecule is O=C(NCCO)[C]1[CH][CH][CH][CH]1. The van der Waals surface area contributed by atoms with Crippen LogP contribution in [-0.4, -0.2) is 24.2 Å². The monoisotopic (exact) mass is 152 g/mol. The van der Waals surface area contributed by atoms with Crippen LogP contribution in [0.5, 0.6) is 0 Å². The van der Waals surface area contributed by atoms with Crippen molar-refractivity contribution in [2.75, 3.05) is 13.2 Å². The second-order valence-corrected chi connectivity index (χ2v) is 2.15. The Kier molecular flexibility index (Phi) is 3.36. The number of aliphatic hydroxyl groups is 1. The summed E-state index contributed by atoms with van der Waals surface area (Å²) >= 11 is 0. The predicted octanol–water partition coefficient (Wildman–Crippen LogP) is -0.500. The molecule has 0 aromatic heterocycles. The van der Waals surface area contributed by atoms with Gasteiger partial charge in [-0.3, -0.25) is 4.79 Å². The molecule has 0 atom stereocenters. The molecule has 1 fully saturated rings. The average molecular weight is 152 g/mol. The molecule has 11 heavy (non-hydrogen) atoms. The third kappa shape index (κ3) is 2.50. The number of amides is 1. The molecule has 0 aromatic rings. The maximum atomic E-state index is 11.0. The number of carbonyl (C=O) groups is 1. The molecular formula is C8H10NO2. The Balaban J connectivity index is 2.17. The van der Waals surface area contributed by atoms with Gasteiger partial charge in [0.2, 0.25) is 5.91 Å². The first-order chi connectivity index (χ1) is 5.34. The number of aliphatic hydroxyl groups excluding tert-OH is 1. The molecule has 5 radical (unpaired) electrons. The second-order valence-electron chi connectivity index (χ2n) is 2.15. The molecule has 0 saturated heterocycles.